The summed E-state index contributed by atoms with van der Waals surface area (Å²) < 4.78 is 26.0. The molecule has 1 heterocycles. The number of nitrogens with zero attached hydrogens (tertiary/aromatic N) is 1. The molecule has 0 fully saturated rings. The number of nitrogens with one attached hydrogen (secondary N) is 1. The maximum Gasteiger partial charge on any atom is 0.326 e. The van der Waals surface area contributed by atoms with Gasteiger partial charge in [0.25, 0.3) is 10.0 Å². The van der Waals surface area contributed by atoms with Gasteiger partial charge in [-0.05, 0) is 24.1 Å². The first kappa shape index (κ1) is 15.5. The zero-order valence-electron chi connectivity index (χ0n) is 11.5. The van der Waals surface area contributed by atoms with Gasteiger partial charge >= 0.3 is 6.03 Å². The lowest BCUT2D eigenvalue weighted by molar-refractivity contribution is 0.253. The van der Waals surface area contributed by atoms with E-state index < -0.39 is 16.1 Å². The van der Waals surface area contributed by atoms with Crippen LogP contribution in [0.1, 0.15) is 29.0 Å². The monoisotopic (exact) mass is 325 g/mol. The molecular weight excluding hydrogens is 310 g/mol. The van der Waals surface area contributed by atoms with Gasteiger partial charge in [-0.1, -0.05) is 19.1 Å². The third kappa shape index (κ3) is 3.40. The molecule has 1 aromatic heterocycles. The van der Waals surface area contributed by atoms with Crippen LogP contribution in [0, 0.1) is 6.92 Å². The van der Waals surface area contributed by atoms with E-state index in [9.17, 15) is 13.2 Å². The molecule has 0 bridgehead atoms. The summed E-state index contributed by atoms with van der Waals surface area (Å²) in [7, 11) is -3.96. The lowest BCUT2D eigenvalue weighted by Gasteiger charge is -2.13. The number of carbonyl (C=O) groups excluding carboxylic acids is 1. The van der Waals surface area contributed by atoms with Gasteiger partial charge < -0.3 is 5.73 Å². The first-order chi connectivity index (χ1) is 9.81. The minimum atomic E-state index is -3.96. The maximum absolute atomic E-state index is 12.1. The van der Waals surface area contributed by atoms with Crippen molar-refractivity contribution in [3.63, 3.8) is 0 Å². The highest BCUT2D eigenvalue weighted by Crippen LogP contribution is 2.28. The van der Waals surface area contributed by atoms with Crippen LogP contribution < -0.4 is 10.5 Å². The summed E-state index contributed by atoms with van der Waals surface area (Å²) in [5.74, 6) is -0.0341. The van der Waals surface area contributed by atoms with E-state index in [2.05, 4.69) is 4.98 Å². The quantitative estimate of drug-likeness (QED) is 0.897. The number of hydrogen-bond donors (Lipinski definition) is 2. The van der Waals surface area contributed by atoms with Crippen LogP contribution in [-0.2, 0) is 10.0 Å². The minimum Gasteiger partial charge on any atom is -0.351 e. The smallest absolute Gasteiger partial charge is 0.326 e. The van der Waals surface area contributed by atoms with E-state index in [0.717, 1.165) is 10.6 Å². The summed E-state index contributed by atoms with van der Waals surface area (Å²) >= 11 is 1.50. The molecule has 21 heavy (non-hydrogen) atoms. The lowest BCUT2D eigenvalue weighted by Crippen LogP contribution is -2.35. The van der Waals surface area contributed by atoms with Crippen LogP contribution in [0.3, 0.4) is 0 Å². The average Bonchev–Trinajstić information content (AvgIpc) is 2.90. The van der Waals surface area contributed by atoms with Crippen molar-refractivity contribution in [2.75, 3.05) is 0 Å². The van der Waals surface area contributed by atoms with Gasteiger partial charge in [-0.15, -0.1) is 11.3 Å². The number of amides is 2. The molecule has 2 rings (SSSR count). The van der Waals surface area contributed by atoms with Crippen molar-refractivity contribution in [1.29, 1.82) is 0 Å². The van der Waals surface area contributed by atoms with Crippen molar-refractivity contribution in [2.45, 2.75) is 24.7 Å². The van der Waals surface area contributed by atoms with Crippen LogP contribution in [-0.4, -0.2) is 19.4 Å². The van der Waals surface area contributed by atoms with Gasteiger partial charge in [0.05, 0.1) is 9.90 Å². The summed E-state index contributed by atoms with van der Waals surface area (Å²) in [5, 5.41) is 2.76. The molecular formula is C13H15N3O3S2. The number of hydrogen-bond acceptors (Lipinski definition) is 5. The van der Waals surface area contributed by atoms with Gasteiger partial charge in [-0.2, -0.15) is 0 Å². The van der Waals surface area contributed by atoms with E-state index in [4.69, 9.17) is 5.73 Å². The first-order valence-corrected chi connectivity index (χ1v) is 8.49. The molecule has 0 aliphatic heterocycles. The number of primary amides is 1. The van der Waals surface area contributed by atoms with Gasteiger partial charge in [-0.25, -0.2) is 22.9 Å². The molecule has 8 heteroatoms. The molecule has 112 valence electrons. The van der Waals surface area contributed by atoms with Crippen molar-refractivity contribution >= 4 is 27.4 Å². The summed E-state index contributed by atoms with van der Waals surface area (Å²) in [6.45, 7) is 3.61. The van der Waals surface area contributed by atoms with Crippen LogP contribution in [0.25, 0.3) is 0 Å². The Kier molecular flexibility index (Phi) is 4.29. The van der Waals surface area contributed by atoms with Crippen LogP contribution in [0.2, 0.25) is 0 Å². The fraction of sp³-hybridized carbons (Fsp3) is 0.231. The van der Waals surface area contributed by atoms with Crippen molar-refractivity contribution in [3.8, 4) is 0 Å². The van der Waals surface area contributed by atoms with Crippen molar-refractivity contribution < 1.29 is 13.2 Å². The third-order valence-corrected chi connectivity index (χ3v) is 5.51. The predicted molar refractivity (Wildman–Crippen MR) is 80.7 cm³/mol. The van der Waals surface area contributed by atoms with E-state index >= 15 is 0 Å². The van der Waals surface area contributed by atoms with E-state index in [1.54, 1.807) is 30.0 Å². The van der Waals surface area contributed by atoms with Crippen LogP contribution in [0.15, 0.2) is 34.7 Å². The third-order valence-electron chi connectivity index (χ3n) is 3.06. The van der Waals surface area contributed by atoms with Crippen molar-refractivity contribution in [3.05, 3.63) is 45.9 Å². The Labute approximate surface area is 127 Å². The van der Waals surface area contributed by atoms with Gasteiger partial charge in [-0.3, -0.25) is 0 Å². The molecule has 0 aliphatic rings. The topological polar surface area (TPSA) is 102 Å². The number of aryl methyl sites for hydroxylation is 1. The number of carbonyl (C=O) groups is 1. The Hall–Kier alpha value is -1.93. The van der Waals surface area contributed by atoms with Gasteiger partial charge in [0, 0.05) is 17.5 Å². The largest absolute Gasteiger partial charge is 0.351 e. The Morgan fingerprint density at radius 1 is 1.43 bits per heavy atom. The highest BCUT2D eigenvalue weighted by molar-refractivity contribution is 7.90. The molecule has 2 amide bonds. The van der Waals surface area contributed by atoms with E-state index in [1.165, 1.54) is 11.3 Å². The minimum absolute atomic E-state index is 0.0341. The molecule has 1 unspecified atom stereocenters. The molecule has 0 aliphatic carbocycles. The Bertz CT molecular complexity index is 755. The molecule has 0 saturated carbocycles. The number of nitrogens with two attached hydrogens (primary N) is 1. The zero-order chi connectivity index (χ0) is 15.6. The number of benzene rings is 1. The maximum atomic E-state index is 12.1. The fourth-order valence-corrected chi connectivity index (χ4v) is 3.83. The summed E-state index contributed by atoms with van der Waals surface area (Å²) in [4.78, 5) is 15.1. The highest BCUT2D eigenvalue weighted by Gasteiger charge is 2.21. The van der Waals surface area contributed by atoms with E-state index in [-0.39, 0.29) is 10.8 Å². The standard InChI is InChI=1S/C13H15N3O3S2/c1-8-3-4-10(9(2)12-15-5-6-20-12)7-11(8)21(18,19)16-13(14)17/h3-7,9H,1-2H3,(H3,14,16,17). The fourth-order valence-electron chi connectivity index (χ4n) is 1.95. The molecule has 3 N–H and O–H groups in total. The molecule has 1 aromatic carbocycles. The summed E-state index contributed by atoms with van der Waals surface area (Å²) in [5.41, 5.74) is 6.25. The van der Waals surface area contributed by atoms with Gasteiger partial charge in [0.15, 0.2) is 0 Å². The second kappa shape index (κ2) is 5.82. The van der Waals surface area contributed by atoms with E-state index in [0.29, 0.717) is 5.56 Å². The van der Waals surface area contributed by atoms with Crippen LogP contribution >= 0.6 is 11.3 Å². The predicted octanol–water partition coefficient (Wildman–Crippen LogP) is 1.96. The van der Waals surface area contributed by atoms with Crippen LogP contribution in [0.4, 0.5) is 4.79 Å². The zero-order valence-corrected chi connectivity index (χ0v) is 13.2. The molecule has 1 atom stereocenters. The van der Waals surface area contributed by atoms with Gasteiger partial charge in [0.2, 0.25) is 0 Å². The summed E-state index contributed by atoms with van der Waals surface area (Å²) in [6.07, 6.45) is 1.71. The Morgan fingerprint density at radius 3 is 2.71 bits per heavy atom. The lowest BCUT2D eigenvalue weighted by atomic mass is 10.0. The average molecular weight is 325 g/mol. The molecule has 0 spiro atoms. The summed E-state index contributed by atoms with van der Waals surface area (Å²) in [6, 6.07) is 4.00. The number of urea groups is 1. The van der Waals surface area contributed by atoms with Crippen LogP contribution in [0.5, 0.6) is 0 Å². The van der Waals surface area contributed by atoms with Crippen molar-refractivity contribution in [1.82, 2.24) is 9.71 Å². The molecule has 0 saturated heterocycles. The number of sulfonamides is 1. The number of aromatic nitrogens is 1. The second-order valence-corrected chi connectivity index (χ2v) is 7.16. The SMILES string of the molecule is Cc1ccc(C(C)c2nccs2)cc1S(=O)(=O)NC(N)=O. The molecule has 0 radical (unpaired) electrons. The van der Waals surface area contributed by atoms with Crippen molar-refractivity contribution in [2.24, 2.45) is 5.73 Å². The van der Waals surface area contributed by atoms with E-state index in [1.807, 2.05) is 18.4 Å². The Morgan fingerprint density at radius 2 is 2.14 bits per heavy atom. The second-order valence-electron chi connectivity index (χ2n) is 4.59. The number of thiazole rings is 1. The molecule has 6 nitrogen and oxygen atoms in total. The normalized spacial score (nSPS) is 12.9. The highest BCUT2D eigenvalue weighted by atomic mass is 32.2. The number of rotatable bonds is 4. The first-order valence-electron chi connectivity index (χ1n) is 6.13. The Balaban J connectivity index is 2.45. The van der Waals surface area contributed by atoms with Gasteiger partial charge in [0.1, 0.15) is 0 Å². The molecule has 2 aromatic rings.